The number of aromatic nitrogens is 1. The molecular weight excluding hydrogens is 427 g/mol. The second-order valence-electron chi connectivity index (χ2n) is 6.30. The van der Waals surface area contributed by atoms with E-state index in [0.717, 1.165) is 60.2 Å². The molecule has 9 heteroatoms. The fraction of sp³-hybridized carbons (Fsp3) is 0.444. The standard InChI is InChI=1S/C18H24N4OS.3ClH/c1-13-3-4-14(2)16(9-13)21-17(23)10-18-20-15(12-24-18)11-22-7-5-19-6-8-22;;;/h3-4,9,12,19H,5-8,10-11H2,1-2H3,(H,21,23);3*1H. The summed E-state index contributed by atoms with van der Waals surface area (Å²) in [6.07, 6.45) is 0.333. The molecule has 1 fully saturated rings. The number of carbonyl (C=O) groups is 1. The highest BCUT2D eigenvalue weighted by molar-refractivity contribution is 7.09. The number of amides is 1. The van der Waals surface area contributed by atoms with Crippen molar-refractivity contribution in [2.45, 2.75) is 26.8 Å². The van der Waals surface area contributed by atoms with E-state index in [4.69, 9.17) is 0 Å². The molecule has 3 rings (SSSR count). The highest BCUT2D eigenvalue weighted by Crippen LogP contribution is 2.18. The number of aryl methyl sites for hydroxylation is 2. The van der Waals surface area contributed by atoms with Crippen LogP contribution in [0.5, 0.6) is 0 Å². The summed E-state index contributed by atoms with van der Waals surface area (Å²) in [5, 5.41) is 9.30. The molecule has 2 aromatic rings. The Morgan fingerprint density at radius 1 is 1.22 bits per heavy atom. The summed E-state index contributed by atoms with van der Waals surface area (Å²) in [6.45, 7) is 9.09. The molecule has 1 aliphatic rings. The number of hydrogen-bond acceptors (Lipinski definition) is 5. The Morgan fingerprint density at radius 2 is 1.93 bits per heavy atom. The maximum absolute atomic E-state index is 12.3. The van der Waals surface area contributed by atoms with Crippen molar-refractivity contribution in [1.29, 1.82) is 0 Å². The van der Waals surface area contributed by atoms with Gasteiger partial charge >= 0.3 is 0 Å². The fourth-order valence-electron chi connectivity index (χ4n) is 2.80. The van der Waals surface area contributed by atoms with E-state index < -0.39 is 0 Å². The summed E-state index contributed by atoms with van der Waals surface area (Å²) in [7, 11) is 0. The molecule has 1 aromatic carbocycles. The molecule has 2 heterocycles. The molecule has 1 aromatic heterocycles. The third kappa shape index (κ3) is 7.94. The topological polar surface area (TPSA) is 57.3 Å². The van der Waals surface area contributed by atoms with Crippen molar-refractivity contribution in [2.75, 3.05) is 31.5 Å². The van der Waals surface area contributed by atoms with Gasteiger partial charge in [0.15, 0.2) is 0 Å². The predicted molar refractivity (Wildman–Crippen MR) is 120 cm³/mol. The van der Waals surface area contributed by atoms with Gasteiger partial charge in [-0.25, -0.2) is 4.98 Å². The Bertz CT molecular complexity index is 720. The molecule has 1 saturated heterocycles. The van der Waals surface area contributed by atoms with Gasteiger partial charge in [-0.3, -0.25) is 9.69 Å². The van der Waals surface area contributed by atoms with Crippen molar-refractivity contribution in [3.63, 3.8) is 0 Å². The van der Waals surface area contributed by atoms with Gasteiger partial charge in [0.05, 0.1) is 12.1 Å². The average molecular weight is 454 g/mol. The second-order valence-corrected chi connectivity index (χ2v) is 7.24. The molecule has 1 aliphatic heterocycles. The monoisotopic (exact) mass is 452 g/mol. The van der Waals surface area contributed by atoms with Crippen LogP contribution in [0.15, 0.2) is 23.6 Å². The number of nitrogens with zero attached hydrogens (tertiary/aromatic N) is 2. The third-order valence-corrected chi connectivity index (χ3v) is 5.07. The average Bonchev–Trinajstić information content (AvgIpc) is 2.98. The first kappa shape index (κ1) is 26.1. The van der Waals surface area contributed by atoms with Gasteiger partial charge < -0.3 is 10.6 Å². The van der Waals surface area contributed by atoms with Gasteiger partial charge in [-0.15, -0.1) is 48.6 Å². The molecule has 0 unspecified atom stereocenters. The van der Waals surface area contributed by atoms with Crippen molar-refractivity contribution in [3.8, 4) is 0 Å². The number of benzene rings is 1. The van der Waals surface area contributed by atoms with Crippen LogP contribution in [-0.2, 0) is 17.8 Å². The lowest BCUT2D eigenvalue weighted by Gasteiger charge is -2.26. The SMILES string of the molecule is Cc1ccc(C)c(NC(=O)Cc2nc(CN3CCNCC3)cs2)c1.Cl.Cl.Cl. The van der Waals surface area contributed by atoms with Crippen molar-refractivity contribution >= 4 is 60.2 Å². The van der Waals surface area contributed by atoms with Crippen LogP contribution >= 0.6 is 48.6 Å². The summed E-state index contributed by atoms with van der Waals surface area (Å²) in [6, 6.07) is 6.08. The second kappa shape index (κ2) is 12.5. The van der Waals surface area contributed by atoms with E-state index in [1.165, 1.54) is 0 Å². The normalized spacial score (nSPS) is 13.7. The molecule has 0 bridgehead atoms. The summed E-state index contributed by atoms with van der Waals surface area (Å²) < 4.78 is 0. The van der Waals surface area contributed by atoms with Crippen molar-refractivity contribution < 1.29 is 4.79 Å². The molecule has 0 aliphatic carbocycles. The number of carbonyl (C=O) groups excluding carboxylic acids is 1. The Balaban J connectivity index is 0.00000225. The maximum atomic E-state index is 12.3. The summed E-state index contributed by atoms with van der Waals surface area (Å²) >= 11 is 1.57. The lowest BCUT2D eigenvalue weighted by Crippen LogP contribution is -2.42. The summed E-state index contributed by atoms with van der Waals surface area (Å²) in [5.74, 6) is -0.00762. The van der Waals surface area contributed by atoms with Gasteiger partial charge in [0, 0.05) is 43.8 Å². The zero-order valence-corrected chi connectivity index (χ0v) is 18.8. The van der Waals surface area contributed by atoms with Crippen molar-refractivity contribution in [1.82, 2.24) is 15.2 Å². The molecule has 0 atom stereocenters. The Labute approximate surface area is 183 Å². The molecule has 1 amide bonds. The molecule has 27 heavy (non-hydrogen) atoms. The molecular formula is C18H27Cl3N4OS. The molecule has 0 saturated carbocycles. The molecule has 0 radical (unpaired) electrons. The van der Waals surface area contributed by atoms with E-state index in [-0.39, 0.29) is 43.1 Å². The van der Waals surface area contributed by atoms with Crippen LogP contribution < -0.4 is 10.6 Å². The van der Waals surface area contributed by atoms with Gasteiger partial charge in [-0.1, -0.05) is 12.1 Å². The molecule has 5 nitrogen and oxygen atoms in total. The van der Waals surface area contributed by atoms with Crippen LogP contribution in [0.1, 0.15) is 21.8 Å². The van der Waals surface area contributed by atoms with E-state index in [9.17, 15) is 4.79 Å². The largest absolute Gasteiger partial charge is 0.325 e. The number of piperazine rings is 1. The number of rotatable bonds is 5. The fourth-order valence-corrected chi connectivity index (χ4v) is 3.59. The van der Waals surface area contributed by atoms with Crippen LogP contribution in [-0.4, -0.2) is 42.0 Å². The van der Waals surface area contributed by atoms with Gasteiger partial charge in [0.2, 0.25) is 5.91 Å². The minimum Gasteiger partial charge on any atom is -0.325 e. The van der Waals surface area contributed by atoms with E-state index in [0.29, 0.717) is 6.42 Å². The summed E-state index contributed by atoms with van der Waals surface area (Å²) in [5.41, 5.74) is 4.17. The van der Waals surface area contributed by atoms with E-state index in [1.54, 1.807) is 11.3 Å². The smallest absolute Gasteiger partial charge is 0.231 e. The first-order valence-electron chi connectivity index (χ1n) is 8.33. The number of anilines is 1. The Kier molecular flexibility index (Phi) is 12.1. The number of nitrogens with one attached hydrogen (secondary N) is 2. The van der Waals surface area contributed by atoms with Gasteiger partial charge in [0.1, 0.15) is 5.01 Å². The van der Waals surface area contributed by atoms with Crippen molar-refractivity contribution in [2.24, 2.45) is 0 Å². The van der Waals surface area contributed by atoms with Crippen molar-refractivity contribution in [3.05, 3.63) is 45.4 Å². The molecule has 2 N–H and O–H groups in total. The minimum absolute atomic E-state index is 0. The van der Waals surface area contributed by atoms with Crippen LogP contribution in [0.3, 0.4) is 0 Å². The lowest BCUT2D eigenvalue weighted by atomic mass is 10.1. The maximum Gasteiger partial charge on any atom is 0.231 e. The third-order valence-electron chi connectivity index (χ3n) is 4.17. The first-order valence-corrected chi connectivity index (χ1v) is 9.21. The minimum atomic E-state index is -0.00762. The Morgan fingerprint density at radius 3 is 2.63 bits per heavy atom. The number of hydrogen-bond donors (Lipinski definition) is 2. The Hall–Kier alpha value is -0.890. The van der Waals surface area contributed by atoms with Crippen LogP contribution in [0.25, 0.3) is 0 Å². The molecule has 0 spiro atoms. The zero-order valence-electron chi connectivity index (χ0n) is 15.5. The first-order chi connectivity index (χ1) is 11.6. The van der Waals surface area contributed by atoms with Crippen LogP contribution in [0.2, 0.25) is 0 Å². The van der Waals surface area contributed by atoms with Gasteiger partial charge in [-0.2, -0.15) is 0 Å². The highest BCUT2D eigenvalue weighted by atomic mass is 35.5. The molecule has 152 valence electrons. The zero-order chi connectivity index (χ0) is 16.9. The van der Waals surface area contributed by atoms with Crippen LogP contribution in [0.4, 0.5) is 5.69 Å². The van der Waals surface area contributed by atoms with Crippen LogP contribution in [0, 0.1) is 13.8 Å². The van der Waals surface area contributed by atoms with E-state index in [1.807, 2.05) is 32.0 Å². The predicted octanol–water partition coefficient (Wildman–Crippen LogP) is 3.61. The van der Waals surface area contributed by atoms with E-state index >= 15 is 0 Å². The number of thiazole rings is 1. The lowest BCUT2D eigenvalue weighted by molar-refractivity contribution is -0.115. The van der Waals surface area contributed by atoms with Gasteiger partial charge in [-0.05, 0) is 31.0 Å². The van der Waals surface area contributed by atoms with E-state index in [2.05, 4.69) is 25.9 Å². The summed E-state index contributed by atoms with van der Waals surface area (Å²) in [4.78, 5) is 19.3. The highest BCUT2D eigenvalue weighted by Gasteiger charge is 2.13. The van der Waals surface area contributed by atoms with Gasteiger partial charge in [0.25, 0.3) is 0 Å². The number of halogens is 3. The quantitative estimate of drug-likeness (QED) is 0.726.